The standard InChI is InChI=1S/C8H13N3S2/c1-3-9-8(12)11-6(2)7-10-4-5-13-7/h4-6H,3H2,1-2H3,(H2,9,11,12). The third-order valence-electron chi connectivity index (χ3n) is 1.51. The first-order valence-electron chi connectivity index (χ1n) is 4.17. The number of hydrogen-bond donors (Lipinski definition) is 2. The first-order valence-corrected chi connectivity index (χ1v) is 5.46. The van der Waals surface area contributed by atoms with E-state index in [0.29, 0.717) is 5.11 Å². The monoisotopic (exact) mass is 215 g/mol. The van der Waals surface area contributed by atoms with Gasteiger partial charge < -0.3 is 10.6 Å². The quantitative estimate of drug-likeness (QED) is 0.752. The Balaban J connectivity index is 2.42. The molecule has 1 atom stereocenters. The summed E-state index contributed by atoms with van der Waals surface area (Å²) in [7, 11) is 0. The van der Waals surface area contributed by atoms with Crippen LogP contribution >= 0.6 is 23.6 Å². The van der Waals surface area contributed by atoms with Gasteiger partial charge in [-0.3, -0.25) is 0 Å². The van der Waals surface area contributed by atoms with Crippen molar-refractivity contribution in [2.75, 3.05) is 6.54 Å². The van der Waals surface area contributed by atoms with Crippen molar-refractivity contribution in [3.8, 4) is 0 Å². The minimum Gasteiger partial charge on any atom is -0.363 e. The minimum atomic E-state index is 0.187. The van der Waals surface area contributed by atoms with Gasteiger partial charge in [0.05, 0.1) is 6.04 Å². The van der Waals surface area contributed by atoms with Crippen molar-refractivity contribution >= 4 is 28.7 Å². The molecule has 0 spiro atoms. The van der Waals surface area contributed by atoms with Crippen LogP contribution in [0.25, 0.3) is 0 Å². The molecule has 0 aliphatic rings. The van der Waals surface area contributed by atoms with Gasteiger partial charge in [-0.2, -0.15) is 0 Å². The average Bonchev–Trinajstić information content (AvgIpc) is 2.55. The molecule has 13 heavy (non-hydrogen) atoms. The summed E-state index contributed by atoms with van der Waals surface area (Å²) in [5.74, 6) is 0. The number of hydrogen-bond acceptors (Lipinski definition) is 3. The Bertz CT molecular complexity index is 258. The Morgan fingerprint density at radius 3 is 3.08 bits per heavy atom. The molecule has 1 unspecified atom stereocenters. The topological polar surface area (TPSA) is 37.0 Å². The highest BCUT2D eigenvalue weighted by molar-refractivity contribution is 7.80. The van der Waals surface area contributed by atoms with Crippen molar-refractivity contribution in [2.24, 2.45) is 0 Å². The summed E-state index contributed by atoms with van der Waals surface area (Å²) in [5, 5.41) is 9.89. The van der Waals surface area contributed by atoms with Crippen LogP contribution in [0.5, 0.6) is 0 Å². The van der Waals surface area contributed by atoms with Gasteiger partial charge >= 0.3 is 0 Å². The molecular weight excluding hydrogens is 202 g/mol. The zero-order valence-electron chi connectivity index (χ0n) is 7.70. The van der Waals surface area contributed by atoms with E-state index in [1.807, 2.05) is 19.2 Å². The lowest BCUT2D eigenvalue weighted by atomic mass is 10.4. The van der Waals surface area contributed by atoms with Crippen LogP contribution in [0, 0.1) is 0 Å². The molecule has 0 radical (unpaired) electrons. The normalized spacial score (nSPS) is 12.2. The Hall–Kier alpha value is -0.680. The lowest BCUT2D eigenvalue weighted by Crippen LogP contribution is -2.36. The van der Waals surface area contributed by atoms with Gasteiger partial charge in [-0.15, -0.1) is 11.3 Å². The fraction of sp³-hybridized carbons (Fsp3) is 0.500. The van der Waals surface area contributed by atoms with Gasteiger partial charge in [0.15, 0.2) is 5.11 Å². The fourth-order valence-corrected chi connectivity index (χ4v) is 1.89. The summed E-state index contributed by atoms with van der Waals surface area (Å²) >= 11 is 6.69. The van der Waals surface area contributed by atoms with Crippen molar-refractivity contribution in [3.63, 3.8) is 0 Å². The first-order chi connectivity index (χ1) is 6.24. The van der Waals surface area contributed by atoms with Crippen molar-refractivity contribution in [1.29, 1.82) is 0 Å². The zero-order chi connectivity index (χ0) is 9.68. The summed E-state index contributed by atoms with van der Waals surface area (Å²) < 4.78 is 0. The van der Waals surface area contributed by atoms with E-state index in [1.165, 1.54) is 0 Å². The maximum absolute atomic E-state index is 5.06. The van der Waals surface area contributed by atoms with Crippen molar-refractivity contribution in [2.45, 2.75) is 19.9 Å². The Labute approximate surface area is 87.6 Å². The highest BCUT2D eigenvalue weighted by atomic mass is 32.1. The van der Waals surface area contributed by atoms with Gasteiger partial charge in [0.1, 0.15) is 5.01 Å². The molecule has 0 bridgehead atoms. The molecule has 0 saturated heterocycles. The van der Waals surface area contributed by atoms with Gasteiger partial charge in [-0.25, -0.2) is 4.98 Å². The molecule has 1 aromatic rings. The van der Waals surface area contributed by atoms with E-state index in [-0.39, 0.29) is 6.04 Å². The number of rotatable bonds is 3. The molecule has 0 aliphatic heterocycles. The fourth-order valence-electron chi connectivity index (χ4n) is 0.918. The van der Waals surface area contributed by atoms with Crippen molar-refractivity contribution in [1.82, 2.24) is 15.6 Å². The first kappa shape index (κ1) is 10.4. The number of thiocarbonyl (C=S) groups is 1. The second-order valence-corrected chi connectivity index (χ2v) is 3.93. The van der Waals surface area contributed by atoms with Gasteiger partial charge in [0.2, 0.25) is 0 Å². The Kier molecular flexibility index (Phi) is 4.11. The Morgan fingerprint density at radius 1 is 1.77 bits per heavy atom. The summed E-state index contributed by atoms with van der Waals surface area (Å²) in [6.07, 6.45) is 1.80. The second-order valence-electron chi connectivity index (χ2n) is 2.60. The van der Waals surface area contributed by atoms with E-state index in [9.17, 15) is 0 Å². The number of nitrogens with one attached hydrogen (secondary N) is 2. The minimum absolute atomic E-state index is 0.187. The van der Waals surface area contributed by atoms with Crippen LogP contribution in [0.15, 0.2) is 11.6 Å². The summed E-state index contributed by atoms with van der Waals surface area (Å²) in [6, 6.07) is 0.187. The van der Waals surface area contributed by atoms with Crippen LogP contribution in [0.3, 0.4) is 0 Å². The molecule has 0 saturated carbocycles. The molecule has 2 N–H and O–H groups in total. The van der Waals surface area contributed by atoms with Crippen molar-refractivity contribution < 1.29 is 0 Å². The smallest absolute Gasteiger partial charge is 0.166 e. The van der Waals surface area contributed by atoms with E-state index in [0.717, 1.165) is 11.6 Å². The molecule has 1 heterocycles. The van der Waals surface area contributed by atoms with Crippen LogP contribution < -0.4 is 10.6 Å². The van der Waals surface area contributed by atoms with Crippen molar-refractivity contribution in [3.05, 3.63) is 16.6 Å². The van der Waals surface area contributed by atoms with E-state index in [2.05, 4.69) is 15.6 Å². The highest BCUT2D eigenvalue weighted by Gasteiger charge is 2.07. The maximum atomic E-state index is 5.06. The number of nitrogens with zero attached hydrogens (tertiary/aromatic N) is 1. The van der Waals surface area contributed by atoms with E-state index < -0.39 is 0 Å². The molecule has 0 aliphatic carbocycles. The lowest BCUT2D eigenvalue weighted by Gasteiger charge is -2.13. The van der Waals surface area contributed by atoms with Gasteiger partial charge in [-0.05, 0) is 26.1 Å². The largest absolute Gasteiger partial charge is 0.363 e. The summed E-state index contributed by atoms with van der Waals surface area (Å²) in [5.41, 5.74) is 0. The van der Waals surface area contributed by atoms with Gasteiger partial charge in [0.25, 0.3) is 0 Å². The highest BCUT2D eigenvalue weighted by Crippen LogP contribution is 2.13. The van der Waals surface area contributed by atoms with Gasteiger partial charge in [-0.1, -0.05) is 0 Å². The molecular formula is C8H13N3S2. The van der Waals surface area contributed by atoms with Crippen LogP contribution in [0.2, 0.25) is 0 Å². The SMILES string of the molecule is CCNC(=S)NC(C)c1nccs1. The molecule has 72 valence electrons. The van der Waals surface area contributed by atoms with Gasteiger partial charge in [0, 0.05) is 18.1 Å². The van der Waals surface area contributed by atoms with E-state index in [1.54, 1.807) is 17.5 Å². The number of aromatic nitrogens is 1. The molecule has 0 amide bonds. The average molecular weight is 215 g/mol. The predicted octanol–water partition coefficient (Wildman–Crippen LogP) is 1.69. The molecule has 0 fully saturated rings. The summed E-state index contributed by atoms with van der Waals surface area (Å²) in [4.78, 5) is 4.20. The molecule has 1 aromatic heterocycles. The van der Waals surface area contributed by atoms with E-state index in [4.69, 9.17) is 12.2 Å². The van der Waals surface area contributed by atoms with E-state index >= 15 is 0 Å². The molecule has 3 nitrogen and oxygen atoms in total. The van der Waals surface area contributed by atoms with Crippen LogP contribution in [-0.4, -0.2) is 16.6 Å². The lowest BCUT2D eigenvalue weighted by molar-refractivity contribution is 0.696. The van der Waals surface area contributed by atoms with Crippen LogP contribution in [-0.2, 0) is 0 Å². The zero-order valence-corrected chi connectivity index (χ0v) is 9.34. The molecule has 0 aromatic carbocycles. The third kappa shape index (κ3) is 3.28. The number of thiazole rings is 1. The second kappa shape index (κ2) is 5.14. The van der Waals surface area contributed by atoms with Crippen LogP contribution in [0.1, 0.15) is 24.9 Å². The van der Waals surface area contributed by atoms with Crippen LogP contribution in [0.4, 0.5) is 0 Å². The maximum Gasteiger partial charge on any atom is 0.166 e. The third-order valence-corrected chi connectivity index (χ3v) is 2.73. The summed E-state index contributed by atoms with van der Waals surface area (Å²) in [6.45, 7) is 4.90. The molecule has 1 rings (SSSR count). The predicted molar refractivity (Wildman–Crippen MR) is 59.9 cm³/mol. The Morgan fingerprint density at radius 2 is 2.54 bits per heavy atom. The molecule has 5 heteroatoms.